The Labute approximate surface area is 140 Å². The predicted octanol–water partition coefficient (Wildman–Crippen LogP) is 1.96. The molecule has 1 aromatic carbocycles. The summed E-state index contributed by atoms with van der Waals surface area (Å²) in [5, 5.41) is 6.74. The van der Waals surface area contributed by atoms with Crippen molar-refractivity contribution < 1.29 is 4.74 Å². The van der Waals surface area contributed by atoms with Crippen LogP contribution >= 0.6 is 0 Å². The van der Waals surface area contributed by atoms with E-state index in [-0.39, 0.29) is 0 Å². The van der Waals surface area contributed by atoms with Crippen molar-refractivity contribution in [1.29, 1.82) is 0 Å². The van der Waals surface area contributed by atoms with Crippen LogP contribution in [0.25, 0.3) is 0 Å². The lowest BCUT2D eigenvalue weighted by Gasteiger charge is -2.32. The monoisotopic (exact) mass is 318 g/mol. The third kappa shape index (κ3) is 6.48. The van der Waals surface area contributed by atoms with E-state index in [0.717, 1.165) is 31.3 Å². The Hall–Kier alpha value is -1.75. The Morgan fingerprint density at radius 1 is 1.30 bits per heavy atom. The molecule has 1 aliphatic heterocycles. The van der Waals surface area contributed by atoms with Gasteiger partial charge in [-0.2, -0.15) is 0 Å². The summed E-state index contributed by atoms with van der Waals surface area (Å²) < 4.78 is 5.67. The van der Waals surface area contributed by atoms with Crippen LogP contribution in [0.15, 0.2) is 35.3 Å². The van der Waals surface area contributed by atoms with Crippen molar-refractivity contribution in [2.45, 2.75) is 19.8 Å². The van der Waals surface area contributed by atoms with Crippen LogP contribution in [0.2, 0.25) is 0 Å². The Kier molecular flexibility index (Phi) is 7.73. The summed E-state index contributed by atoms with van der Waals surface area (Å²) in [6, 6.07) is 9.88. The Morgan fingerprint density at radius 2 is 2.13 bits per heavy atom. The highest BCUT2D eigenvalue weighted by Gasteiger charge is 2.18. The summed E-state index contributed by atoms with van der Waals surface area (Å²) in [6.07, 6.45) is 2.61. The van der Waals surface area contributed by atoms with Crippen molar-refractivity contribution in [3.05, 3.63) is 30.3 Å². The molecule has 1 unspecified atom stereocenters. The van der Waals surface area contributed by atoms with Crippen molar-refractivity contribution >= 4 is 5.96 Å². The summed E-state index contributed by atoms with van der Waals surface area (Å²) in [4.78, 5) is 6.81. The van der Waals surface area contributed by atoms with Crippen molar-refractivity contribution in [1.82, 2.24) is 15.5 Å². The van der Waals surface area contributed by atoms with Crippen LogP contribution < -0.4 is 15.4 Å². The van der Waals surface area contributed by atoms with Gasteiger partial charge in [-0.15, -0.1) is 0 Å². The van der Waals surface area contributed by atoms with E-state index in [1.165, 1.54) is 25.9 Å². The Morgan fingerprint density at radius 3 is 2.87 bits per heavy atom. The predicted molar refractivity (Wildman–Crippen MR) is 96.1 cm³/mol. The first-order valence-electron chi connectivity index (χ1n) is 8.66. The van der Waals surface area contributed by atoms with Crippen LogP contribution in [0.5, 0.6) is 5.75 Å². The third-order valence-corrected chi connectivity index (χ3v) is 4.24. The second kappa shape index (κ2) is 10.1. The topological polar surface area (TPSA) is 48.9 Å². The fraction of sp³-hybridized carbons (Fsp3) is 0.611. The number of hydrogen-bond acceptors (Lipinski definition) is 3. The molecule has 0 radical (unpaired) electrons. The van der Waals surface area contributed by atoms with Crippen LogP contribution in [-0.2, 0) is 0 Å². The highest BCUT2D eigenvalue weighted by Crippen LogP contribution is 2.15. The van der Waals surface area contributed by atoms with Gasteiger partial charge in [0.25, 0.3) is 0 Å². The minimum atomic E-state index is 0.623. The molecule has 0 bridgehead atoms. The van der Waals surface area contributed by atoms with Gasteiger partial charge in [-0.3, -0.25) is 4.99 Å². The molecule has 2 rings (SSSR count). The zero-order valence-electron chi connectivity index (χ0n) is 14.4. The maximum Gasteiger partial charge on any atom is 0.191 e. The molecule has 1 aromatic rings. The number of rotatable bonds is 7. The highest BCUT2D eigenvalue weighted by atomic mass is 16.5. The van der Waals surface area contributed by atoms with Crippen LogP contribution in [0.4, 0.5) is 0 Å². The van der Waals surface area contributed by atoms with Gasteiger partial charge in [-0.25, -0.2) is 0 Å². The lowest BCUT2D eigenvalue weighted by Crippen LogP contribution is -2.45. The molecule has 0 aromatic heterocycles. The van der Waals surface area contributed by atoms with Gasteiger partial charge < -0.3 is 20.3 Å². The second-order valence-electron chi connectivity index (χ2n) is 5.94. The van der Waals surface area contributed by atoms with Gasteiger partial charge in [0, 0.05) is 20.1 Å². The molecular weight excluding hydrogens is 288 g/mol. The molecule has 2 N–H and O–H groups in total. The average molecular weight is 318 g/mol. The van der Waals surface area contributed by atoms with Crippen LogP contribution in [0.3, 0.4) is 0 Å². The standard InChI is InChI=1S/C18H30N4O/c1-3-22-12-7-8-16(15-22)14-21-18(19-2)20-11-13-23-17-9-5-4-6-10-17/h4-6,9-10,16H,3,7-8,11-15H2,1-2H3,(H2,19,20,21). The number of hydrogen-bond donors (Lipinski definition) is 2. The number of nitrogens with one attached hydrogen (secondary N) is 2. The SMILES string of the molecule is CCN1CCCC(CNC(=NC)NCCOc2ccccc2)C1. The quantitative estimate of drug-likeness (QED) is 0.458. The summed E-state index contributed by atoms with van der Waals surface area (Å²) in [5.41, 5.74) is 0. The zero-order chi connectivity index (χ0) is 16.3. The minimum Gasteiger partial charge on any atom is -0.492 e. The molecule has 1 heterocycles. The molecule has 1 saturated heterocycles. The second-order valence-corrected chi connectivity index (χ2v) is 5.94. The summed E-state index contributed by atoms with van der Waals surface area (Å²) in [5.74, 6) is 2.47. The number of para-hydroxylation sites is 1. The molecule has 23 heavy (non-hydrogen) atoms. The molecule has 0 saturated carbocycles. The number of nitrogens with zero attached hydrogens (tertiary/aromatic N) is 2. The maximum absolute atomic E-state index is 5.67. The summed E-state index contributed by atoms with van der Waals surface area (Å²) in [6.45, 7) is 8.17. The Balaban J connectivity index is 1.61. The van der Waals surface area contributed by atoms with Gasteiger partial charge in [-0.05, 0) is 44.0 Å². The van der Waals surface area contributed by atoms with Gasteiger partial charge in [0.15, 0.2) is 5.96 Å². The number of piperidine rings is 1. The summed E-state index contributed by atoms with van der Waals surface area (Å²) >= 11 is 0. The van der Waals surface area contributed by atoms with Crippen molar-refractivity contribution in [2.75, 3.05) is 46.4 Å². The van der Waals surface area contributed by atoms with Crippen LogP contribution in [0, 0.1) is 5.92 Å². The first-order valence-corrected chi connectivity index (χ1v) is 8.66. The number of ether oxygens (including phenoxy) is 1. The molecule has 128 valence electrons. The molecule has 0 spiro atoms. The largest absolute Gasteiger partial charge is 0.492 e. The highest BCUT2D eigenvalue weighted by molar-refractivity contribution is 5.79. The maximum atomic E-state index is 5.67. The van der Waals surface area contributed by atoms with Crippen molar-refractivity contribution in [3.8, 4) is 5.75 Å². The van der Waals surface area contributed by atoms with E-state index < -0.39 is 0 Å². The molecule has 5 heteroatoms. The van der Waals surface area contributed by atoms with E-state index >= 15 is 0 Å². The molecule has 0 aliphatic carbocycles. The fourth-order valence-electron chi connectivity index (χ4n) is 2.92. The molecule has 1 atom stereocenters. The number of likely N-dealkylation sites (tertiary alicyclic amines) is 1. The van der Waals surface area contributed by atoms with Crippen LogP contribution in [0.1, 0.15) is 19.8 Å². The van der Waals surface area contributed by atoms with Crippen molar-refractivity contribution in [2.24, 2.45) is 10.9 Å². The molecule has 1 aliphatic rings. The third-order valence-electron chi connectivity index (χ3n) is 4.24. The molecule has 1 fully saturated rings. The smallest absolute Gasteiger partial charge is 0.191 e. The Bertz CT molecular complexity index is 463. The first kappa shape index (κ1) is 17.6. The molecule has 5 nitrogen and oxygen atoms in total. The number of benzene rings is 1. The fourth-order valence-corrected chi connectivity index (χ4v) is 2.92. The van der Waals surface area contributed by atoms with Gasteiger partial charge in [-0.1, -0.05) is 25.1 Å². The zero-order valence-corrected chi connectivity index (χ0v) is 14.4. The van der Waals surface area contributed by atoms with Gasteiger partial charge in [0.2, 0.25) is 0 Å². The van der Waals surface area contributed by atoms with Gasteiger partial charge in [0.1, 0.15) is 12.4 Å². The summed E-state index contributed by atoms with van der Waals surface area (Å²) in [7, 11) is 1.81. The van der Waals surface area contributed by atoms with E-state index in [2.05, 4.69) is 27.4 Å². The van der Waals surface area contributed by atoms with E-state index in [1.807, 2.05) is 37.4 Å². The van der Waals surface area contributed by atoms with Gasteiger partial charge >= 0.3 is 0 Å². The lowest BCUT2D eigenvalue weighted by atomic mass is 9.98. The first-order chi connectivity index (χ1) is 11.3. The van der Waals surface area contributed by atoms with E-state index in [1.54, 1.807) is 0 Å². The number of aliphatic imine (C=N–C) groups is 1. The minimum absolute atomic E-state index is 0.623. The molecule has 0 amide bonds. The van der Waals surface area contributed by atoms with E-state index in [9.17, 15) is 0 Å². The molecular formula is C18H30N4O. The average Bonchev–Trinajstić information content (AvgIpc) is 2.62. The van der Waals surface area contributed by atoms with Crippen molar-refractivity contribution in [3.63, 3.8) is 0 Å². The van der Waals surface area contributed by atoms with E-state index in [0.29, 0.717) is 12.5 Å². The number of guanidine groups is 1. The van der Waals surface area contributed by atoms with Gasteiger partial charge in [0.05, 0.1) is 6.54 Å². The lowest BCUT2D eigenvalue weighted by molar-refractivity contribution is 0.183. The van der Waals surface area contributed by atoms with Crippen LogP contribution in [-0.4, -0.2) is 57.2 Å². The normalized spacial score (nSPS) is 19.4. The van der Waals surface area contributed by atoms with E-state index in [4.69, 9.17) is 4.74 Å².